The molecule has 3 heterocycles. The number of rotatable bonds is 7. The molecule has 0 amide bonds. The van der Waals surface area contributed by atoms with Gasteiger partial charge in [0.05, 0.1) is 18.1 Å². The summed E-state index contributed by atoms with van der Waals surface area (Å²) in [7, 11) is 0. The van der Waals surface area contributed by atoms with Crippen LogP contribution in [0.15, 0.2) is 42.9 Å². The van der Waals surface area contributed by atoms with Gasteiger partial charge in [-0.1, -0.05) is 12.1 Å². The van der Waals surface area contributed by atoms with Crippen molar-refractivity contribution >= 4 is 22.4 Å². The highest BCUT2D eigenvalue weighted by Crippen LogP contribution is 2.41. The van der Waals surface area contributed by atoms with Crippen molar-refractivity contribution in [1.82, 2.24) is 19.9 Å². The Kier molecular flexibility index (Phi) is 6.53. The number of benzene rings is 1. The number of hydrogen-bond acceptors (Lipinski definition) is 6. The van der Waals surface area contributed by atoms with E-state index in [1.807, 2.05) is 18.2 Å². The highest BCUT2D eigenvalue weighted by atomic mass is 19.1. The van der Waals surface area contributed by atoms with Crippen LogP contribution in [0.4, 0.5) is 10.2 Å². The van der Waals surface area contributed by atoms with Crippen LogP contribution in [0.25, 0.3) is 22.0 Å². The van der Waals surface area contributed by atoms with Crippen LogP contribution >= 0.6 is 0 Å². The standard InChI is InChI=1S/C28H34FN5O/c1-18(2)34-8-6-23(7-9-34)32-27-17-30-16-25(33-27)19-4-5-20-15-31-24(11-21(20)10-19)12-26(35)22-13-28(3,29)14-22/h4-5,10-11,15-18,22-23H,6-9,12-14H2,1-3H3,(H,32,33). The number of aromatic nitrogens is 3. The first-order valence-corrected chi connectivity index (χ1v) is 12.7. The van der Waals surface area contributed by atoms with E-state index in [0.29, 0.717) is 24.9 Å². The number of fused-ring (bicyclic) bond motifs is 1. The van der Waals surface area contributed by atoms with Gasteiger partial charge in [0.25, 0.3) is 0 Å². The minimum Gasteiger partial charge on any atom is -0.366 e. The van der Waals surface area contributed by atoms with Gasteiger partial charge in [0.2, 0.25) is 0 Å². The molecule has 2 fully saturated rings. The van der Waals surface area contributed by atoms with Gasteiger partial charge in [-0.3, -0.25) is 14.8 Å². The maximum atomic E-state index is 13.8. The lowest BCUT2D eigenvalue weighted by atomic mass is 9.71. The number of carbonyl (C=O) groups is 1. The summed E-state index contributed by atoms with van der Waals surface area (Å²) < 4.78 is 13.8. The van der Waals surface area contributed by atoms with E-state index in [2.05, 4.69) is 40.1 Å². The zero-order valence-electron chi connectivity index (χ0n) is 20.8. The predicted molar refractivity (Wildman–Crippen MR) is 137 cm³/mol. The molecule has 1 aliphatic heterocycles. The Morgan fingerprint density at radius 2 is 1.91 bits per heavy atom. The van der Waals surface area contributed by atoms with Gasteiger partial charge in [-0.2, -0.15) is 0 Å². The van der Waals surface area contributed by atoms with E-state index in [9.17, 15) is 9.18 Å². The lowest BCUT2D eigenvalue weighted by molar-refractivity contribution is -0.130. The van der Waals surface area contributed by atoms with Gasteiger partial charge in [-0.25, -0.2) is 9.37 Å². The molecule has 7 heteroatoms. The molecule has 184 valence electrons. The molecule has 1 saturated carbocycles. The van der Waals surface area contributed by atoms with Crippen LogP contribution in [0.5, 0.6) is 0 Å². The molecule has 6 nitrogen and oxygen atoms in total. The van der Waals surface area contributed by atoms with Gasteiger partial charge < -0.3 is 10.2 Å². The van der Waals surface area contributed by atoms with Crippen LogP contribution in [-0.2, 0) is 11.2 Å². The average Bonchev–Trinajstić information content (AvgIpc) is 2.82. The maximum Gasteiger partial charge on any atom is 0.145 e. The maximum absolute atomic E-state index is 13.8. The Labute approximate surface area is 206 Å². The Hall–Kier alpha value is -2.93. The van der Waals surface area contributed by atoms with Crippen LogP contribution in [0.3, 0.4) is 0 Å². The summed E-state index contributed by atoms with van der Waals surface area (Å²) >= 11 is 0. The molecule has 1 N–H and O–H groups in total. The van der Waals surface area contributed by atoms with Crippen LogP contribution < -0.4 is 5.32 Å². The third-order valence-electron chi connectivity index (χ3n) is 7.48. The fraction of sp³-hybridized carbons (Fsp3) is 0.500. The van der Waals surface area contributed by atoms with Crippen molar-refractivity contribution in [3.8, 4) is 11.3 Å². The van der Waals surface area contributed by atoms with Gasteiger partial charge in [-0.05, 0) is 64.0 Å². The number of likely N-dealkylation sites (tertiary alicyclic amines) is 1. The molecule has 1 aromatic carbocycles. The summed E-state index contributed by atoms with van der Waals surface area (Å²) in [6.45, 7) is 8.26. The minimum absolute atomic E-state index is 0.0759. The summed E-state index contributed by atoms with van der Waals surface area (Å²) in [4.78, 5) is 28.8. The summed E-state index contributed by atoms with van der Waals surface area (Å²) in [5, 5.41) is 5.58. The van der Waals surface area contributed by atoms with Crippen molar-refractivity contribution < 1.29 is 9.18 Å². The first-order chi connectivity index (χ1) is 16.8. The Morgan fingerprint density at radius 1 is 1.14 bits per heavy atom. The van der Waals surface area contributed by atoms with E-state index >= 15 is 0 Å². The smallest absolute Gasteiger partial charge is 0.145 e. The average molecular weight is 476 g/mol. The molecule has 3 aromatic rings. The normalized spacial score (nSPS) is 23.4. The number of nitrogens with zero attached hydrogens (tertiary/aromatic N) is 4. The van der Waals surface area contributed by atoms with E-state index in [4.69, 9.17) is 4.98 Å². The zero-order chi connectivity index (χ0) is 24.6. The van der Waals surface area contributed by atoms with Crippen molar-refractivity contribution in [3.63, 3.8) is 0 Å². The number of anilines is 1. The molecule has 1 saturated heterocycles. The summed E-state index contributed by atoms with van der Waals surface area (Å²) in [5.41, 5.74) is 1.31. The molecule has 0 spiro atoms. The number of hydrogen-bond donors (Lipinski definition) is 1. The van der Waals surface area contributed by atoms with Gasteiger partial charge in [0, 0.05) is 60.4 Å². The van der Waals surface area contributed by atoms with Crippen LogP contribution in [0, 0.1) is 5.92 Å². The van der Waals surface area contributed by atoms with E-state index in [-0.39, 0.29) is 18.1 Å². The molecule has 0 bridgehead atoms. The van der Waals surface area contributed by atoms with Crippen LogP contribution in [0.1, 0.15) is 52.1 Å². The predicted octanol–water partition coefficient (Wildman–Crippen LogP) is 5.23. The van der Waals surface area contributed by atoms with Crippen molar-refractivity contribution in [2.45, 2.75) is 70.6 Å². The first-order valence-electron chi connectivity index (χ1n) is 12.7. The highest BCUT2D eigenvalue weighted by Gasteiger charge is 2.43. The van der Waals surface area contributed by atoms with Crippen molar-refractivity contribution in [2.75, 3.05) is 18.4 Å². The third-order valence-corrected chi connectivity index (χ3v) is 7.48. The van der Waals surface area contributed by atoms with E-state index in [1.165, 1.54) is 0 Å². The van der Waals surface area contributed by atoms with Crippen LogP contribution in [-0.4, -0.2) is 56.5 Å². The molecule has 5 rings (SSSR count). The van der Waals surface area contributed by atoms with Gasteiger partial charge >= 0.3 is 0 Å². The molecule has 0 unspecified atom stereocenters. The monoisotopic (exact) mass is 475 g/mol. The topological polar surface area (TPSA) is 71.0 Å². The number of Topliss-reactive ketones (excluding diaryl/α,β-unsaturated/α-hetero) is 1. The number of carbonyl (C=O) groups excluding carboxylic acids is 1. The number of ketones is 1. The van der Waals surface area contributed by atoms with Crippen molar-refractivity contribution in [2.24, 2.45) is 5.92 Å². The van der Waals surface area contributed by atoms with E-state index in [1.54, 1.807) is 25.5 Å². The molecule has 0 atom stereocenters. The lowest BCUT2D eigenvalue weighted by Gasteiger charge is -2.37. The zero-order valence-corrected chi connectivity index (χ0v) is 20.8. The quantitative estimate of drug-likeness (QED) is 0.505. The Bertz CT molecular complexity index is 1210. The Balaban J connectivity index is 1.28. The van der Waals surface area contributed by atoms with Gasteiger partial charge in [0.1, 0.15) is 17.3 Å². The van der Waals surface area contributed by atoms with Gasteiger partial charge in [0.15, 0.2) is 0 Å². The first kappa shape index (κ1) is 23.8. The molecular formula is C28H34FN5O. The fourth-order valence-electron chi connectivity index (χ4n) is 5.30. The SMILES string of the molecule is CC(C)N1CCC(Nc2cncc(-c3ccc4cnc(CC(=O)C5CC(C)(F)C5)cc4c3)n2)CC1. The van der Waals surface area contributed by atoms with Crippen LogP contribution in [0.2, 0.25) is 0 Å². The van der Waals surface area contributed by atoms with E-state index < -0.39 is 5.67 Å². The molecule has 1 aliphatic carbocycles. The number of alkyl halides is 1. The van der Waals surface area contributed by atoms with Crippen molar-refractivity contribution in [1.29, 1.82) is 0 Å². The second kappa shape index (κ2) is 9.61. The summed E-state index contributed by atoms with van der Waals surface area (Å²) in [5.74, 6) is 0.691. The van der Waals surface area contributed by atoms with Gasteiger partial charge in [-0.15, -0.1) is 0 Å². The largest absolute Gasteiger partial charge is 0.366 e. The molecule has 35 heavy (non-hydrogen) atoms. The third kappa shape index (κ3) is 5.50. The second-order valence-electron chi connectivity index (χ2n) is 10.7. The minimum atomic E-state index is -1.19. The van der Waals surface area contributed by atoms with Crippen molar-refractivity contribution in [3.05, 3.63) is 48.5 Å². The number of nitrogens with one attached hydrogen (secondary N) is 1. The van der Waals surface area contributed by atoms with E-state index in [0.717, 1.165) is 59.5 Å². The summed E-state index contributed by atoms with van der Waals surface area (Å²) in [6.07, 6.45) is 8.46. The highest BCUT2D eigenvalue weighted by molar-refractivity contribution is 5.88. The molecule has 2 aromatic heterocycles. The number of halogens is 1. The molecular weight excluding hydrogens is 441 g/mol. The fourth-order valence-corrected chi connectivity index (χ4v) is 5.30. The second-order valence-corrected chi connectivity index (χ2v) is 10.7. The Morgan fingerprint density at radius 3 is 2.63 bits per heavy atom. The molecule has 2 aliphatic rings. The number of piperidine rings is 1. The summed E-state index contributed by atoms with van der Waals surface area (Å²) in [6, 6.07) is 9.07. The lowest BCUT2D eigenvalue weighted by Crippen LogP contribution is -2.42. The molecule has 0 radical (unpaired) electrons. The number of pyridine rings is 1.